The van der Waals surface area contributed by atoms with Crippen LogP contribution in [0.2, 0.25) is 0 Å². The molecule has 156 valence electrons. The molecule has 0 fully saturated rings. The number of aliphatic hydroxyl groups excluding tert-OH is 1. The van der Waals surface area contributed by atoms with Crippen LogP contribution in [0.15, 0.2) is 82.8 Å². The Morgan fingerprint density at radius 2 is 1.65 bits per heavy atom. The molecular formula is C22H21N2NaO5S. The molecular weight excluding hydrogens is 427 g/mol. The number of carbonyl (C=O) groups excluding carboxylic acids is 1. The minimum absolute atomic E-state index is 0. The van der Waals surface area contributed by atoms with E-state index in [4.69, 9.17) is 0 Å². The molecule has 9 heteroatoms. The Kier molecular flexibility index (Phi) is 9.36. The molecule has 3 rings (SSSR count). The summed E-state index contributed by atoms with van der Waals surface area (Å²) >= 11 is 0. The zero-order valence-electron chi connectivity index (χ0n) is 17.1. The van der Waals surface area contributed by atoms with Gasteiger partial charge in [0.15, 0.2) is 0 Å². The maximum atomic E-state index is 12.7. The SMILES string of the molecule is O=C([O-])c1ccc(S(=O)(=O)c2ccc(CCNC[C@H](O)c3cccnc3)cc2)cc1.[Na+]. The Balaban J connectivity index is 0.00000341. The largest absolute Gasteiger partial charge is 1.00 e. The monoisotopic (exact) mass is 448 g/mol. The third kappa shape index (κ3) is 6.70. The summed E-state index contributed by atoms with van der Waals surface area (Å²) in [4.78, 5) is 14.9. The van der Waals surface area contributed by atoms with E-state index in [-0.39, 0.29) is 44.9 Å². The number of carbonyl (C=O) groups is 1. The van der Waals surface area contributed by atoms with Crippen LogP contribution in [-0.2, 0) is 16.3 Å². The molecule has 0 spiro atoms. The molecule has 0 radical (unpaired) electrons. The summed E-state index contributed by atoms with van der Waals surface area (Å²) in [5.41, 5.74) is 1.61. The van der Waals surface area contributed by atoms with E-state index in [9.17, 15) is 23.4 Å². The van der Waals surface area contributed by atoms with E-state index in [1.807, 2.05) is 6.07 Å². The third-order valence-electron chi connectivity index (χ3n) is 4.63. The van der Waals surface area contributed by atoms with Crippen molar-refractivity contribution in [2.24, 2.45) is 0 Å². The van der Waals surface area contributed by atoms with Gasteiger partial charge in [0, 0.05) is 24.5 Å². The first kappa shape index (κ1) is 25.2. The number of hydrogen-bond donors (Lipinski definition) is 2. The Hall–Kier alpha value is -2.07. The van der Waals surface area contributed by atoms with E-state index >= 15 is 0 Å². The van der Waals surface area contributed by atoms with Crippen molar-refractivity contribution in [1.29, 1.82) is 0 Å². The maximum Gasteiger partial charge on any atom is 1.00 e. The Labute approximate surface area is 203 Å². The molecule has 0 aliphatic carbocycles. The second-order valence-corrected chi connectivity index (χ2v) is 8.67. The fraction of sp³-hybridized carbons (Fsp3) is 0.182. The predicted octanol–water partition coefficient (Wildman–Crippen LogP) is -1.85. The van der Waals surface area contributed by atoms with Crippen molar-refractivity contribution < 1.29 is 53.0 Å². The fourth-order valence-electron chi connectivity index (χ4n) is 2.90. The maximum absolute atomic E-state index is 12.7. The van der Waals surface area contributed by atoms with Gasteiger partial charge in [0.05, 0.1) is 21.9 Å². The minimum Gasteiger partial charge on any atom is -0.545 e. The van der Waals surface area contributed by atoms with Crippen LogP contribution in [0.4, 0.5) is 0 Å². The van der Waals surface area contributed by atoms with Gasteiger partial charge in [-0.2, -0.15) is 0 Å². The predicted molar refractivity (Wildman–Crippen MR) is 108 cm³/mol. The molecule has 31 heavy (non-hydrogen) atoms. The summed E-state index contributed by atoms with van der Waals surface area (Å²) in [7, 11) is -3.73. The molecule has 0 amide bonds. The normalized spacial score (nSPS) is 12.0. The van der Waals surface area contributed by atoms with Crippen LogP contribution in [-0.4, -0.2) is 37.6 Å². The van der Waals surface area contributed by atoms with Crippen LogP contribution in [0.25, 0.3) is 0 Å². The number of nitrogens with zero attached hydrogens (tertiary/aromatic N) is 1. The molecule has 2 aromatic carbocycles. The van der Waals surface area contributed by atoms with Crippen LogP contribution in [0.1, 0.15) is 27.6 Å². The van der Waals surface area contributed by atoms with Gasteiger partial charge in [0.2, 0.25) is 9.84 Å². The van der Waals surface area contributed by atoms with E-state index in [2.05, 4.69) is 10.3 Å². The number of rotatable bonds is 9. The average Bonchev–Trinajstić information content (AvgIpc) is 2.77. The molecule has 0 aliphatic rings. The number of aromatic nitrogens is 1. The number of carboxylic acids is 1. The number of carboxylic acid groups (broad SMARTS) is 1. The van der Waals surface area contributed by atoms with Gasteiger partial charge >= 0.3 is 29.6 Å². The molecule has 0 unspecified atom stereocenters. The molecule has 3 aromatic rings. The third-order valence-corrected chi connectivity index (χ3v) is 6.42. The smallest absolute Gasteiger partial charge is 0.545 e. The first-order valence-corrected chi connectivity index (χ1v) is 10.8. The van der Waals surface area contributed by atoms with Crippen LogP contribution in [0.5, 0.6) is 0 Å². The van der Waals surface area contributed by atoms with Crippen molar-refractivity contribution in [3.63, 3.8) is 0 Å². The molecule has 0 bridgehead atoms. The van der Waals surface area contributed by atoms with Crippen molar-refractivity contribution in [2.45, 2.75) is 22.3 Å². The number of pyridine rings is 1. The number of nitrogens with one attached hydrogen (secondary N) is 1. The summed E-state index contributed by atoms with van der Waals surface area (Å²) in [6.07, 6.45) is 3.29. The van der Waals surface area contributed by atoms with Crippen molar-refractivity contribution in [3.05, 3.63) is 89.7 Å². The zero-order chi connectivity index (χ0) is 21.6. The van der Waals surface area contributed by atoms with Crippen molar-refractivity contribution in [1.82, 2.24) is 10.3 Å². The van der Waals surface area contributed by atoms with Gasteiger partial charge in [0.25, 0.3) is 0 Å². The van der Waals surface area contributed by atoms with Crippen molar-refractivity contribution in [3.8, 4) is 0 Å². The quantitative estimate of drug-likeness (QED) is 0.291. The van der Waals surface area contributed by atoms with Crippen LogP contribution in [0, 0.1) is 0 Å². The van der Waals surface area contributed by atoms with Gasteiger partial charge in [-0.3, -0.25) is 4.98 Å². The number of aliphatic hydroxyl groups is 1. The summed E-state index contributed by atoms with van der Waals surface area (Å²) in [6.45, 7) is 1.01. The fourth-order valence-corrected chi connectivity index (χ4v) is 4.16. The Morgan fingerprint density at radius 3 is 2.19 bits per heavy atom. The van der Waals surface area contributed by atoms with Crippen molar-refractivity contribution in [2.75, 3.05) is 13.1 Å². The molecule has 7 nitrogen and oxygen atoms in total. The summed E-state index contributed by atoms with van der Waals surface area (Å²) in [5, 5.41) is 24.1. The van der Waals surface area contributed by atoms with Gasteiger partial charge in [-0.25, -0.2) is 8.42 Å². The van der Waals surface area contributed by atoms with E-state index in [1.165, 1.54) is 36.4 Å². The Morgan fingerprint density at radius 1 is 1.03 bits per heavy atom. The number of sulfone groups is 1. The van der Waals surface area contributed by atoms with Gasteiger partial charge in [-0.15, -0.1) is 0 Å². The molecule has 1 atom stereocenters. The van der Waals surface area contributed by atoms with Crippen LogP contribution < -0.4 is 40.0 Å². The summed E-state index contributed by atoms with van der Waals surface area (Å²) in [6, 6.07) is 15.0. The number of aromatic carboxylic acids is 1. The number of hydrogen-bond acceptors (Lipinski definition) is 7. The molecule has 0 saturated carbocycles. The minimum atomic E-state index is -3.73. The molecule has 2 N–H and O–H groups in total. The molecule has 1 aromatic heterocycles. The van der Waals surface area contributed by atoms with E-state index in [0.29, 0.717) is 19.5 Å². The molecule has 0 aliphatic heterocycles. The van der Waals surface area contributed by atoms with E-state index < -0.39 is 21.9 Å². The van der Waals surface area contributed by atoms with Gasteiger partial charge in [-0.1, -0.05) is 30.3 Å². The standard InChI is InChI=1S/C22H22N2O5S.Na/c25-21(18-2-1-12-23-14-18)15-24-13-11-16-3-7-19(8-4-16)30(28,29)20-9-5-17(6-10-20)22(26)27;/h1-10,12,14,21,24-25H,11,13,15H2,(H,26,27);/q;+1/p-1/t21-;/m0./s1. The zero-order valence-corrected chi connectivity index (χ0v) is 19.9. The molecule has 1 heterocycles. The Bertz CT molecular complexity index is 1090. The number of benzene rings is 2. The average molecular weight is 448 g/mol. The van der Waals surface area contributed by atoms with Crippen LogP contribution in [0.3, 0.4) is 0 Å². The topological polar surface area (TPSA) is 119 Å². The van der Waals surface area contributed by atoms with Gasteiger partial charge in [0.1, 0.15) is 0 Å². The summed E-state index contributed by atoms with van der Waals surface area (Å²) < 4.78 is 25.4. The van der Waals surface area contributed by atoms with E-state index in [1.54, 1.807) is 30.6 Å². The first-order chi connectivity index (χ1) is 14.4. The second kappa shape index (κ2) is 11.5. The molecule has 0 saturated heterocycles. The van der Waals surface area contributed by atoms with E-state index in [0.717, 1.165) is 11.1 Å². The summed E-state index contributed by atoms with van der Waals surface area (Å²) in [5.74, 6) is -1.36. The van der Waals surface area contributed by atoms with Gasteiger partial charge < -0.3 is 20.3 Å². The van der Waals surface area contributed by atoms with Crippen LogP contribution >= 0.6 is 0 Å². The second-order valence-electron chi connectivity index (χ2n) is 6.72. The van der Waals surface area contributed by atoms with Gasteiger partial charge in [-0.05, 0) is 54.4 Å². The first-order valence-electron chi connectivity index (χ1n) is 9.32. The van der Waals surface area contributed by atoms with Crippen molar-refractivity contribution >= 4 is 15.8 Å².